The summed E-state index contributed by atoms with van der Waals surface area (Å²) in [7, 11) is 0. The van der Waals surface area contributed by atoms with Gasteiger partial charge in [-0.05, 0) is 55.3 Å². The highest BCUT2D eigenvalue weighted by atomic mass is 16.5. The predicted octanol–water partition coefficient (Wildman–Crippen LogP) is 3.64. The number of ether oxygens (including phenoxy) is 1. The van der Waals surface area contributed by atoms with Crippen LogP contribution in [-0.4, -0.2) is 25.0 Å². The Bertz CT molecular complexity index is 709. The van der Waals surface area contributed by atoms with Gasteiger partial charge in [0.2, 0.25) is 11.8 Å². The van der Waals surface area contributed by atoms with Crippen molar-refractivity contribution in [3.05, 3.63) is 54.1 Å². The van der Waals surface area contributed by atoms with Crippen LogP contribution in [-0.2, 0) is 16.0 Å². The van der Waals surface area contributed by atoms with E-state index in [-0.39, 0.29) is 18.4 Å². The topological polar surface area (TPSA) is 58.6 Å². The van der Waals surface area contributed by atoms with E-state index in [9.17, 15) is 9.59 Å². The number of benzene rings is 2. The van der Waals surface area contributed by atoms with Gasteiger partial charge in [-0.25, -0.2) is 0 Å². The summed E-state index contributed by atoms with van der Waals surface area (Å²) in [6.07, 6.45) is 0.929. The first kappa shape index (κ1) is 18.5. The molecule has 0 atom stereocenters. The molecule has 2 amide bonds. The van der Waals surface area contributed by atoms with Crippen molar-refractivity contribution in [3.63, 3.8) is 0 Å². The summed E-state index contributed by atoms with van der Waals surface area (Å²) in [4.78, 5) is 25.7. The Morgan fingerprint density at radius 2 is 1.64 bits per heavy atom. The van der Waals surface area contributed by atoms with Crippen LogP contribution in [0, 0.1) is 0 Å². The molecule has 2 rings (SSSR count). The second-order valence-corrected chi connectivity index (χ2v) is 5.63. The van der Waals surface area contributed by atoms with Gasteiger partial charge in [-0.1, -0.05) is 19.1 Å². The second kappa shape index (κ2) is 8.87. The summed E-state index contributed by atoms with van der Waals surface area (Å²) < 4.78 is 5.37. The number of nitrogens with zero attached hydrogens (tertiary/aromatic N) is 1. The van der Waals surface area contributed by atoms with E-state index in [1.807, 2.05) is 31.2 Å². The lowest BCUT2D eigenvalue weighted by Gasteiger charge is -2.21. The summed E-state index contributed by atoms with van der Waals surface area (Å²) in [5.74, 6) is 0.326. The van der Waals surface area contributed by atoms with Gasteiger partial charge in [-0.3, -0.25) is 9.59 Å². The summed E-state index contributed by atoms with van der Waals surface area (Å²) in [5, 5.41) is 2.80. The number of hydrogen-bond donors (Lipinski definition) is 1. The van der Waals surface area contributed by atoms with Crippen molar-refractivity contribution in [1.82, 2.24) is 0 Å². The molecule has 0 bridgehead atoms. The van der Waals surface area contributed by atoms with Crippen LogP contribution in [0.1, 0.15) is 26.3 Å². The Morgan fingerprint density at radius 3 is 2.16 bits per heavy atom. The van der Waals surface area contributed by atoms with Crippen LogP contribution in [0.2, 0.25) is 0 Å². The maximum atomic E-state index is 12.3. The highest BCUT2D eigenvalue weighted by Gasteiger charge is 2.16. The van der Waals surface area contributed by atoms with Gasteiger partial charge in [0.05, 0.1) is 6.61 Å². The van der Waals surface area contributed by atoms with Crippen molar-refractivity contribution in [2.75, 3.05) is 23.4 Å². The van der Waals surface area contributed by atoms with Crippen molar-refractivity contribution < 1.29 is 14.3 Å². The van der Waals surface area contributed by atoms with E-state index in [4.69, 9.17) is 4.74 Å². The lowest BCUT2D eigenvalue weighted by molar-refractivity contribution is -0.120. The first-order valence-electron chi connectivity index (χ1n) is 8.43. The number of carbonyl (C=O) groups is 2. The van der Waals surface area contributed by atoms with E-state index in [0.717, 1.165) is 12.2 Å². The molecule has 0 aromatic heterocycles. The van der Waals surface area contributed by atoms with Gasteiger partial charge in [0, 0.05) is 18.3 Å². The van der Waals surface area contributed by atoms with Crippen molar-refractivity contribution in [3.8, 4) is 5.75 Å². The molecular weight excluding hydrogens is 316 g/mol. The molecule has 0 unspecified atom stereocenters. The molecule has 1 N–H and O–H groups in total. The molecule has 0 heterocycles. The molecule has 0 saturated carbocycles. The number of hydrogen-bond acceptors (Lipinski definition) is 3. The number of amides is 2. The van der Waals surface area contributed by atoms with Gasteiger partial charge in [0.25, 0.3) is 0 Å². The number of carbonyl (C=O) groups excluding carboxylic acids is 2. The average molecular weight is 340 g/mol. The molecule has 0 fully saturated rings. The standard InChI is InChI=1S/C20H24N2O3/c1-4-16-6-10-18(11-7-16)22(15(3)23)14-20(24)21-17-8-12-19(13-9-17)25-5-2/h6-13H,4-5,14H2,1-3H3,(H,21,24). The van der Waals surface area contributed by atoms with Crippen LogP contribution < -0.4 is 15.0 Å². The van der Waals surface area contributed by atoms with E-state index in [1.165, 1.54) is 17.4 Å². The third-order valence-corrected chi connectivity index (χ3v) is 3.79. The van der Waals surface area contributed by atoms with E-state index >= 15 is 0 Å². The van der Waals surface area contributed by atoms with Crippen LogP contribution in [0.4, 0.5) is 11.4 Å². The zero-order chi connectivity index (χ0) is 18.2. The van der Waals surface area contributed by atoms with Crippen LogP contribution in [0.3, 0.4) is 0 Å². The Kier molecular flexibility index (Phi) is 6.57. The largest absolute Gasteiger partial charge is 0.494 e. The summed E-state index contributed by atoms with van der Waals surface area (Å²) >= 11 is 0. The molecule has 0 saturated heterocycles. The van der Waals surface area contributed by atoms with Gasteiger partial charge in [0.1, 0.15) is 12.3 Å². The lowest BCUT2D eigenvalue weighted by Crippen LogP contribution is -2.36. The van der Waals surface area contributed by atoms with Crippen molar-refractivity contribution in [1.29, 1.82) is 0 Å². The number of aryl methyl sites for hydroxylation is 1. The van der Waals surface area contributed by atoms with Gasteiger partial charge in [-0.15, -0.1) is 0 Å². The molecule has 5 heteroatoms. The predicted molar refractivity (Wildman–Crippen MR) is 100 cm³/mol. The Hall–Kier alpha value is -2.82. The minimum absolute atomic E-state index is 0.0337. The maximum Gasteiger partial charge on any atom is 0.244 e. The fourth-order valence-electron chi connectivity index (χ4n) is 2.44. The maximum absolute atomic E-state index is 12.3. The van der Waals surface area contributed by atoms with Crippen molar-refractivity contribution >= 4 is 23.2 Å². The quantitative estimate of drug-likeness (QED) is 0.837. The number of nitrogens with one attached hydrogen (secondary N) is 1. The Balaban J connectivity index is 2.03. The molecule has 0 spiro atoms. The van der Waals surface area contributed by atoms with Crippen LogP contribution in [0.15, 0.2) is 48.5 Å². The zero-order valence-electron chi connectivity index (χ0n) is 14.9. The first-order chi connectivity index (χ1) is 12.0. The monoisotopic (exact) mass is 340 g/mol. The van der Waals surface area contributed by atoms with E-state index in [0.29, 0.717) is 18.0 Å². The van der Waals surface area contributed by atoms with Crippen LogP contribution >= 0.6 is 0 Å². The molecule has 132 valence electrons. The molecule has 0 aliphatic rings. The fourth-order valence-corrected chi connectivity index (χ4v) is 2.44. The Labute approximate surface area is 148 Å². The number of rotatable bonds is 7. The smallest absolute Gasteiger partial charge is 0.244 e. The molecule has 2 aromatic rings. The first-order valence-corrected chi connectivity index (χ1v) is 8.43. The van der Waals surface area contributed by atoms with Gasteiger partial charge in [-0.2, -0.15) is 0 Å². The second-order valence-electron chi connectivity index (χ2n) is 5.63. The summed E-state index contributed by atoms with van der Waals surface area (Å²) in [5.41, 5.74) is 2.57. The van der Waals surface area contributed by atoms with E-state index in [1.54, 1.807) is 24.3 Å². The van der Waals surface area contributed by atoms with E-state index < -0.39 is 0 Å². The molecular formula is C20H24N2O3. The minimum atomic E-state index is -0.251. The summed E-state index contributed by atoms with van der Waals surface area (Å²) in [6, 6.07) is 14.8. The number of anilines is 2. The highest BCUT2D eigenvalue weighted by molar-refractivity contribution is 6.01. The molecule has 5 nitrogen and oxygen atoms in total. The lowest BCUT2D eigenvalue weighted by atomic mass is 10.1. The van der Waals surface area contributed by atoms with E-state index in [2.05, 4.69) is 12.2 Å². The third-order valence-electron chi connectivity index (χ3n) is 3.79. The minimum Gasteiger partial charge on any atom is -0.494 e. The van der Waals surface area contributed by atoms with Crippen LogP contribution in [0.25, 0.3) is 0 Å². The SMILES string of the molecule is CCOc1ccc(NC(=O)CN(C(C)=O)c2ccc(CC)cc2)cc1. The zero-order valence-corrected chi connectivity index (χ0v) is 14.9. The molecule has 0 aliphatic heterocycles. The highest BCUT2D eigenvalue weighted by Crippen LogP contribution is 2.18. The average Bonchev–Trinajstić information content (AvgIpc) is 2.61. The molecule has 25 heavy (non-hydrogen) atoms. The van der Waals surface area contributed by atoms with Crippen LogP contribution in [0.5, 0.6) is 5.75 Å². The van der Waals surface area contributed by atoms with Gasteiger partial charge in [0.15, 0.2) is 0 Å². The van der Waals surface area contributed by atoms with Gasteiger partial charge < -0.3 is 15.0 Å². The molecule has 2 aromatic carbocycles. The molecule has 0 aliphatic carbocycles. The van der Waals surface area contributed by atoms with Crippen molar-refractivity contribution in [2.45, 2.75) is 27.2 Å². The Morgan fingerprint density at radius 1 is 1.00 bits per heavy atom. The van der Waals surface area contributed by atoms with Gasteiger partial charge >= 0.3 is 0 Å². The fraction of sp³-hybridized carbons (Fsp3) is 0.300. The molecule has 0 radical (unpaired) electrons. The third kappa shape index (κ3) is 5.35. The normalized spacial score (nSPS) is 10.2. The summed E-state index contributed by atoms with van der Waals surface area (Å²) in [6.45, 7) is 6.00. The van der Waals surface area contributed by atoms with Crippen molar-refractivity contribution in [2.24, 2.45) is 0 Å².